The topological polar surface area (TPSA) is 60.2 Å². The zero-order valence-corrected chi connectivity index (χ0v) is 15.0. The maximum Gasteiger partial charge on any atom is 0.283 e. The van der Waals surface area contributed by atoms with Gasteiger partial charge in [0.05, 0.1) is 6.42 Å². The molecule has 1 fully saturated rings. The van der Waals surface area contributed by atoms with E-state index in [0.29, 0.717) is 12.8 Å². The number of carbonyl (C=O) groups is 1. The van der Waals surface area contributed by atoms with Gasteiger partial charge in [0.25, 0.3) is 5.54 Å². The molecule has 0 aromatic heterocycles. The molecule has 0 radical (unpaired) electrons. The molecule has 2 aromatic rings. The van der Waals surface area contributed by atoms with Crippen molar-refractivity contribution in [2.24, 2.45) is 0 Å². The molecule has 0 bridgehead atoms. The zero-order valence-electron chi connectivity index (χ0n) is 13.5. The van der Waals surface area contributed by atoms with Crippen molar-refractivity contribution >= 4 is 32.5 Å². The average Bonchev–Trinajstić information content (AvgIpc) is 2.57. The van der Waals surface area contributed by atoms with Crippen LogP contribution in [0, 0.1) is 10.1 Å². The Bertz CT molecular complexity index is 789. The summed E-state index contributed by atoms with van der Waals surface area (Å²) in [6, 6.07) is 11.8. The lowest BCUT2D eigenvalue weighted by atomic mass is 9.78. The number of hydrogen-bond donors (Lipinski definition) is 0. The summed E-state index contributed by atoms with van der Waals surface area (Å²) < 4.78 is 0.858. The van der Waals surface area contributed by atoms with Gasteiger partial charge < -0.3 is 0 Å². The highest BCUT2D eigenvalue weighted by molar-refractivity contribution is 9.10. The number of nitrogens with zero attached hydrogens (tertiary/aromatic N) is 1. The van der Waals surface area contributed by atoms with Crippen molar-refractivity contribution < 1.29 is 9.72 Å². The van der Waals surface area contributed by atoms with Crippen molar-refractivity contribution in [3.05, 3.63) is 56.5 Å². The van der Waals surface area contributed by atoms with E-state index in [-0.39, 0.29) is 17.1 Å². The third kappa shape index (κ3) is 3.09. The van der Waals surface area contributed by atoms with E-state index in [2.05, 4.69) is 15.9 Å². The largest absolute Gasteiger partial charge is 0.292 e. The van der Waals surface area contributed by atoms with Crippen molar-refractivity contribution in [2.45, 2.75) is 50.5 Å². The lowest BCUT2D eigenvalue weighted by Gasteiger charge is -2.26. The van der Waals surface area contributed by atoms with Crippen LogP contribution in [-0.2, 0) is 11.2 Å². The number of Topliss-reactive ketones (excluding diaryl/α,β-unsaturated/α-hetero) is 1. The van der Waals surface area contributed by atoms with Gasteiger partial charge in [-0.3, -0.25) is 14.9 Å². The standard InChI is InChI=1S/C19H20BrNO3/c20-18-15(11-10-14-7-4-5-8-16(14)18)13-19(21(23)24)12-6-2-1-3-9-17(19)22/h4-5,7-8,10-11H,1-3,6,9,12-13H2. The number of rotatable bonds is 3. The number of hydrogen-bond acceptors (Lipinski definition) is 3. The van der Waals surface area contributed by atoms with E-state index in [0.717, 1.165) is 46.5 Å². The van der Waals surface area contributed by atoms with Crippen molar-refractivity contribution in [1.82, 2.24) is 0 Å². The lowest BCUT2D eigenvalue weighted by Crippen LogP contribution is -2.49. The van der Waals surface area contributed by atoms with Gasteiger partial charge in [0.2, 0.25) is 5.78 Å². The second kappa shape index (κ2) is 7.01. The molecule has 2 aromatic carbocycles. The minimum absolute atomic E-state index is 0.157. The Kier molecular flexibility index (Phi) is 4.99. The molecule has 24 heavy (non-hydrogen) atoms. The number of halogens is 1. The summed E-state index contributed by atoms with van der Waals surface area (Å²) in [6.07, 6.45) is 4.24. The fourth-order valence-corrected chi connectivity index (χ4v) is 4.24. The van der Waals surface area contributed by atoms with Crippen LogP contribution in [0.25, 0.3) is 10.8 Å². The highest BCUT2D eigenvalue weighted by atomic mass is 79.9. The van der Waals surface area contributed by atoms with Gasteiger partial charge in [-0.05, 0) is 45.1 Å². The zero-order chi connectivity index (χ0) is 17.2. The molecule has 126 valence electrons. The van der Waals surface area contributed by atoms with E-state index in [9.17, 15) is 14.9 Å². The Hall–Kier alpha value is -1.75. The van der Waals surface area contributed by atoms with Crippen LogP contribution < -0.4 is 0 Å². The molecule has 5 heteroatoms. The molecule has 1 saturated carbocycles. The van der Waals surface area contributed by atoms with Gasteiger partial charge in [0, 0.05) is 22.2 Å². The number of carbonyl (C=O) groups excluding carboxylic acids is 1. The maximum atomic E-state index is 12.7. The summed E-state index contributed by atoms with van der Waals surface area (Å²) >= 11 is 3.60. The molecule has 0 N–H and O–H groups in total. The van der Waals surface area contributed by atoms with Gasteiger partial charge in [-0.1, -0.05) is 49.2 Å². The normalized spacial score (nSPS) is 22.1. The molecule has 1 aliphatic carbocycles. The van der Waals surface area contributed by atoms with Gasteiger partial charge in [0.1, 0.15) is 0 Å². The van der Waals surface area contributed by atoms with Crippen molar-refractivity contribution in [3.63, 3.8) is 0 Å². The van der Waals surface area contributed by atoms with Gasteiger partial charge in [-0.2, -0.15) is 0 Å². The summed E-state index contributed by atoms with van der Waals surface area (Å²) in [5.74, 6) is -0.216. The smallest absolute Gasteiger partial charge is 0.283 e. The maximum absolute atomic E-state index is 12.7. The van der Waals surface area contributed by atoms with E-state index in [1.54, 1.807) is 0 Å². The molecule has 1 aliphatic rings. The fraction of sp³-hybridized carbons (Fsp3) is 0.421. The van der Waals surface area contributed by atoms with Gasteiger partial charge in [-0.25, -0.2) is 0 Å². The Morgan fingerprint density at radius 1 is 1.08 bits per heavy atom. The van der Waals surface area contributed by atoms with E-state index in [1.807, 2.05) is 36.4 Å². The summed E-state index contributed by atoms with van der Waals surface area (Å²) in [7, 11) is 0. The fourth-order valence-electron chi connectivity index (χ4n) is 3.60. The first-order valence-corrected chi connectivity index (χ1v) is 9.18. The third-order valence-electron chi connectivity index (χ3n) is 5.04. The van der Waals surface area contributed by atoms with Crippen molar-refractivity contribution in [2.75, 3.05) is 0 Å². The van der Waals surface area contributed by atoms with Crippen LogP contribution in [0.4, 0.5) is 0 Å². The van der Waals surface area contributed by atoms with Crippen LogP contribution in [0.15, 0.2) is 40.9 Å². The molecule has 3 rings (SSSR count). The van der Waals surface area contributed by atoms with E-state index >= 15 is 0 Å². The first-order chi connectivity index (χ1) is 11.5. The molecular weight excluding hydrogens is 370 g/mol. The van der Waals surface area contributed by atoms with Crippen LogP contribution in [-0.4, -0.2) is 16.2 Å². The minimum Gasteiger partial charge on any atom is -0.292 e. The second-order valence-corrected chi connectivity index (χ2v) is 7.36. The predicted octanol–water partition coefficient (Wildman–Crippen LogP) is 5.08. The highest BCUT2D eigenvalue weighted by Crippen LogP contribution is 2.35. The van der Waals surface area contributed by atoms with Crippen LogP contribution in [0.2, 0.25) is 0 Å². The minimum atomic E-state index is -1.48. The second-order valence-electron chi connectivity index (χ2n) is 6.56. The molecule has 0 saturated heterocycles. The van der Waals surface area contributed by atoms with Crippen LogP contribution in [0.5, 0.6) is 0 Å². The monoisotopic (exact) mass is 389 g/mol. The number of ketones is 1. The molecule has 1 unspecified atom stereocenters. The van der Waals surface area contributed by atoms with Crippen LogP contribution in [0.3, 0.4) is 0 Å². The molecule has 0 amide bonds. The molecule has 1 atom stereocenters. The predicted molar refractivity (Wildman–Crippen MR) is 97.8 cm³/mol. The molecule has 0 spiro atoms. The molecule has 0 aliphatic heterocycles. The average molecular weight is 390 g/mol. The van der Waals surface area contributed by atoms with Gasteiger partial charge in [-0.15, -0.1) is 0 Å². The molecule has 4 nitrogen and oxygen atoms in total. The lowest BCUT2D eigenvalue weighted by molar-refractivity contribution is -0.553. The number of nitro groups is 1. The summed E-state index contributed by atoms with van der Waals surface area (Å²) in [5, 5.41) is 14.0. The Labute approximate surface area is 149 Å². The highest BCUT2D eigenvalue weighted by Gasteiger charge is 2.50. The SMILES string of the molecule is O=C1CCCCCCC1(Cc1ccc2ccccc2c1Br)[N+](=O)[O-]. The Morgan fingerprint density at radius 2 is 1.83 bits per heavy atom. The quantitative estimate of drug-likeness (QED) is 0.542. The van der Waals surface area contributed by atoms with Crippen LogP contribution >= 0.6 is 15.9 Å². The van der Waals surface area contributed by atoms with Crippen LogP contribution in [0.1, 0.15) is 44.1 Å². The van der Waals surface area contributed by atoms with Crippen molar-refractivity contribution in [1.29, 1.82) is 0 Å². The Morgan fingerprint density at radius 3 is 2.62 bits per heavy atom. The summed E-state index contributed by atoms with van der Waals surface area (Å²) in [5.41, 5.74) is -0.648. The number of benzene rings is 2. The number of fused-ring (bicyclic) bond motifs is 1. The first-order valence-electron chi connectivity index (χ1n) is 8.38. The van der Waals surface area contributed by atoms with E-state index in [1.165, 1.54) is 0 Å². The van der Waals surface area contributed by atoms with E-state index < -0.39 is 5.54 Å². The summed E-state index contributed by atoms with van der Waals surface area (Å²) in [6.45, 7) is 0. The van der Waals surface area contributed by atoms with E-state index in [4.69, 9.17) is 0 Å². The molecular formula is C19H20BrNO3. The third-order valence-corrected chi connectivity index (χ3v) is 5.98. The molecule has 0 heterocycles. The van der Waals surface area contributed by atoms with Gasteiger partial charge in [0.15, 0.2) is 0 Å². The Balaban J connectivity index is 2.03. The first kappa shape index (κ1) is 17.1. The van der Waals surface area contributed by atoms with Crippen molar-refractivity contribution in [3.8, 4) is 0 Å². The van der Waals surface area contributed by atoms with Gasteiger partial charge >= 0.3 is 0 Å². The summed E-state index contributed by atoms with van der Waals surface area (Å²) in [4.78, 5) is 24.2.